The molecule has 0 radical (unpaired) electrons. The molecule has 2 aromatic rings. The van der Waals surface area contributed by atoms with Crippen LogP contribution in [0.15, 0.2) is 30.6 Å². The van der Waals surface area contributed by atoms with Crippen molar-refractivity contribution in [2.24, 2.45) is 0 Å². The Morgan fingerprint density at radius 1 is 1.07 bits per heavy atom. The number of carboxylic acids is 1. The number of aromatic carboxylic acids is 1. The molecule has 0 saturated carbocycles. The Kier molecular flexibility index (Phi) is 4.98. The lowest BCUT2D eigenvalue weighted by atomic mass is 10.1. The van der Waals surface area contributed by atoms with E-state index in [1.165, 1.54) is 6.07 Å². The minimum absolute atomic E-state index is 0.0772. The number of nitrogens with one attached hydrogen (secondary N) is 1. The summed E-state index contributed by atoms with van der Waals surface area (Å²) in [5.41, 5.74) is -1.81. The van der Waals surface area contributed by atoms with E-state index in [2.05, 4.69) is 15.3 Å². The molecule has 0 unspecified atom stereocenters. The third kappa shape index (κ3) is 3.99. The minimum atomic E-state index is -4.59. The molecule has 27 heavy (non-hydrogen) atoms. The van der Waals surface area contributed by atoms with Gasteiger partial charge in [-0.05, 0) is 31.0 Å². The van der Waals surface area contributed by atoms with Gasteiger partial charge in [-0.1, -0.05) is 0 Å². The molecule has 1 amide bonds. The van der Waals surface area contributed by atoms with Crippen LogP contribution in [0.5, 0.6) is 0 Å². The van der Waals surface area contributed by atoms with E-state index >= 15 is 0 Å². The highest BCUT2D eigenvalue weighted by Gasteiger charge is 2.32. The van der Waals surface area contributed by atoms with Crippen molar-refractivity contribution < 1.29 is 27.9 Å². The summed E-state index contributed by atoms with van der Waals surface area (Å²) in [5.74, 6) is -2.70. The van der Waals surface area contributed by atoms with Gasteiger partial charge in [-0.3, -0.25) is 9.78 Å². The molecule has 0 spiro atoms. The van der Waals surface area contributed by atoms with E-state index in [1.54, 1.807) is 0 Å². The number of carbonyl (C=O) groups excluding carboxylic acids is 2. The second-order valence-electron chi connectivity index (χ2n) is 5.92. The molecule has 1 saturated heterocycles. The van der Waals surface area contributed by atoms with Gasteiger partial charge in [0, 0.05) is 25.5 Å². The normalized spacial score (nSPS) is 14.3. The molecule has 3 rings (SSSR count). The zero-order valence-electron chi connectivity index (χ0n) is 13.9. The Hall–Kier alpha value is -3.17. The Morgan fingerprint density at radius 2 is 1.70 bits per heavy atom. The first kappa shape index (κ1) is 18.6. The third-order valence-electron chi connectivity index (χ3n) is 4.13. The minimum Gasteiger partial charge on any atom is -0.543 e. The summed E-state index contributed by atoms with van der Waals surface area (Å²) in [5, 5.41) is 13.4. The van der Waals surface area contributed by atoms with Crippen LogP contribution in [0.2, 0.25) is 0 Å². The number of carboxylic acid groups (broad SMARTS) is 1. The summed E-state index contributed by atoms with van der Waals surface area (Å²) in [6.45, 7) is 1.29. The first-order valence-corrected chi connectivity index (χ1v) is 8.07. The molecule has 1 aromatic carbocycles. The SMILES string of the molecule is O=C([O-])c1nccnc1C(=O)Nc1cc(C(F)(F)F)ccc1N1CCCC1. The second-order valence-corrected chi connectivity index (χ2v) is 5.92. The Labute approximate surface area is 151 Å². The number of anilines is 2. The van der Waals surface area contributed by atoms with E-state index in [0.717, 1.165) is 37.4 Å². The molecule has 1 aliphatic heterocycles. The van der Waals surface area contributed by atoms with Crippen LogP contribution in [0.25, 0.3) is 0 Å². The van der Waals surface area contributed by atoms with E-state index in [1.807, 2.05) is 4.90 Å². The van der Waals surface area contributed by atoms with E-state index in [4.69, 9.17) is 0 Å². The van der Waals surface area contributed by atoms with E-state index < -0.39 is 35.0 Å². The summed E-state index contributed by atoms with van der Waals surface area (Å²) in [6, 6.07) is 3.05. The number of benzene rings is 1. The maximum atomic E-state index is 13.1. The van der Waals surface area contributed by atoms with E-state index in [0.29, 0.717) is 18.8 Å². The van der Waals surface area contributed by atoms with Gasteiger partial charge < -0.3 is 20.1 Å². The fraction of sp³-hybridized carbons (Fsp3) is 0.294. The zero-order valence-corrected chi connectivity index (χ0v) is 13.9. The summed E-state index contributed by atoms with van der Waals surface area (Å²) in [7, 11) is 0. The number of aromatic nitrogens is 2. The van der Waals surface area contributed by atoms with Gasteiger partial charge in [0.1, 0.15) is 5.69 Å². The monoisotopic (exact) mass is 379 g/mol. The van der Waals surface area contributed by atoms with Crippen molar-refractivity contribution in [1.29, 1.82) is 0 Å². The quantitative estimate of drug-likeness (QED) is 0.869. The lowest BCUT2D eigenvalue weighted by Gasteiger charge is -2.23. The zero-order chi connectivity index (χ0) is 19.6. The third-order valence-corrected chi connectivity index (χ3v) is 4.13. The molecule has 1 fully saturated rings. The average molecular weight is 379 g/mol. The van der Waals surface area contributed by atoms with Crippen LogP contribution in [0.4, 0.5) is 24.5 Å². The van der Waals surface area contributed by atoms with Crippen LogP contribution in [-0.2, 0) is 6.18 Å². The molecule has 2 heterocycles. The predicted octanol–water partition coefficient (Wildman–Crippen LogP) is 1.71. The molecule has 1 aliphatic rings. The molecule has 1 N–H and O–H groups in total. The number of carbonyl (C=O) groups is 2. The van der Waals surface area contributed by atoms with Crippen LogP contribution >= 0.6 is 0 Å². The van der Waals surface area contributed by atoms with Crippen molar-refractivity contribution in [3.8, 4) is 0 Å². The number of hydrogen-bond acceptors (Lipinski definition) is 6. The number of rotatable bonds is 4. The van der Waals surface area contributed by atoms with E-state index in [9.17, 15) is 27.9 Å². The summed E-state index contributed by atoms with van der Waals surface area (Å²) in [4.78, 5) is 32.6. The highest BCUT2D eigenvalue weighted by atomic mass is 19.4. The summed E-state index contributed by atoms with van der Waals surface area (Å²) >= 11 is 0. The smallest absolute Gasteiger partial charge is 0.416 e. The first-order valence-electron chi connectivity index (χ1n) is 8.07. The van der Waals surface area contributed by atoms with Crippen molar-refractivity contribution in [2.45, 2.75) is 19.0 Å². The van der Waals surface area contributed by atoms with Gasteiger partial charge in [-0.15, -0.1) is 0 Å². The van der Waals surface area contributed by atoms with Crippen molar-refractivity contribution in [1.82, 2.24) is 9.97 Å². The molecule has 142 valence electrons. The molecule has 0 atom stereocenters. The van der Waals surface area contributed by atoms with Crippen LogP contribution in [0.1, 0.15) is 39.4 Å². The lowest BCUT2D eigenvalue weighted by Crippen LogP contribution is -2.29. The average Bonchev–Trinajstić information content (AvgIpc) is 3.15. The molecule has 7 nitrogen and oxygen atoms in total. The van der Waals surface area contributed by atoms with Gasteiger partial charge in [-0.2, -0.15) is 13.2 Å². The summed E-state index contributed by atoms with van der Waals surface area (Å²) < 4.78 is 39.2. The maximum absolute atomic E-state index is 13.1. The number of alkyl halides is 3. The molecular weight excluding hydrogens is 365 g/mol. The molecule has 0 aliphatic carbocycles. The highest BCUT2D eigenvalue weighted by molar-refractivity contribution is 6.09. The molecule has 10 heteroatoms. The lowest BCUT2D eigenvalue weighted by molar-refractivity contribution is -0.255. The Bertz CT molecular complexity index is 880. The number of halogens is 3. The van der Waals surface area contributed by atoms with Crippen molar-refractivity contribution in [2.75, 3.05) is 23.3 Å². The standard InChI is InChI=1S/C17H15F3N4O3/c18-17(19,20)10-3-4-12(24-7-1-2-8-24)11(9-10)23-15(25)13-14(16(26)27)22-6-5-21-13/h3-6,9H,1-2,7-8H2,(H,23,25)(H,26,27)/p-1. The van der Waals surface area contributed by atoms with Gasteiger partial charge in [0.15, 0.2) is 5.69 Å². The second kappa shape index (κ2) is 7.22. The van der Waals surface area contributed by atoms with Gasteiger partial charge in [0.2, 0.25) is 0 Å². The van der Waals surface area contributed by atoms with Crippen LogP contribution in [0.3, 0.4) is 0 Å². The van der Waals surface area contributed by atoms with Gasteiger partial charge in [0.25, 0.3) is 5.91 Å². The van der Waals surface area contributed by atoms with E-state index in [-0.39, 0.29) is 5.69 Å². The van der Waals surface area contributed by atoms with Gasteiger partial charge in [0.05, 0.1) is 22.9 Å². The topological polar surface area (TPSA) is 98.2 Å². The largest absolute Gasteiger partial charge is 0.543 e. The highest BCUT2D eigenvalue weighted by Crippen LogP contribution is 2.36. The Morgan fingerprint density at radius 3 is 2.30 bits per heavy atom. The Balaban J connectivity index is 1.99. The fourth-order valence-corrected chi connectivity index (χ4v) is 2.88. The van der Waals surface area contributed by atoms with Crippen molar-refractivity contribution in [3.63, 3.8) is 0 Å². The van der Waals surface area contributed by atoms with Gasteiger partial charge in [-0.25, -0.2) is 4.98 Å². The summed E-state index contributed by atoms with van der Waals surface area (Å²) in [6.07, 6.45) is -0.650. The fourth-order valence-electron chi connectivity index (χ4n) is 2.88. The number of nitrogens with zero attached hydrogens (tertiary/aromatic N) is 3. The number of hydrogen-bond donors (Lipinski definition) is 1. The maximum Gasteiger partial charge on any atom is 0.416 e. The van der Waals surface area contributed by atoms with Crippen LogP contribution < -0.4 is 15.3 Å². The number of amides is 1. The van der Waals surface area contributed by atoms with Crippen molar-refractivity contribution >= 4 is 23.3 Å². The van der Waals surface area contributed by atoms with Crippen molar-refractivity contribution in [3.05, 3.63) is 47.5 Å². The van der Waals surface area contributed by atoms with Gasteiger partial charge >= 0.3 is 6.18 Å². The molecule has 0 bridgehead atoms. The first-order chi connectivity index (χ1) is 12.8. The van der Waals surface area contributed by atoms with Crippen LogP contribution in [0, 0.1) is 0 Å². The molecule has 1 aromatic heterocycles. The van der Waals surface area contributed by atoms with Crippen LogP contribution in [-0.4, -0.2) is 34.9 Å². The molecular formula is C17H14F3N4O3-. The predicted molar refractivity (Wildman–Crippen MR) is 87.2 cm³/mol.